The molecule has 2 heterocycles. The minimum atomic E-state index is -0.466. The van der Waals surface area contributed by atoms with Crippen LogP contribution in [0.25, 0.3) is 11.3 Å². The summed E-state index contributed by atoms with van der Waals surface area (Å²) in [5.41, 5.74) is 10.3. The number of carbonyl (C=O) groups excluding carboxylic acids is 1. The van der Waals surface area contributed by atoms with E-state index in [0.717, 1.165) is 34.0 Å². The monoisotopic (exact) mass is 520 g/mol. The van der Waals surface area contributed by atoms with Crippen molar-refractivity contribution in [2.24, 2.45) is 10.7 Å². The molecule has 0 fully saturated rings. The second kappa shape index (κ2) is 10.5. The molecule has 1 amide bonds. The van der Waals surface area contributed by atoms with Crippen molar-refractivity contribution in [3.05, 3.63) is 88.9 Å². The van der Waals surface area contributed by atoms with Gasteiger partial charge in [-0.15, -0.1) is 0 Å². The molecule has 0 saturated carbocycles. The predicted molar refractivity (Wildman–Crippen MR) is 147 cm³/mol. The van der Waals surface area contributed by atoms with Crippen LogP contribution in [0, 0.1) is 19.7 Å². The number of hydrogen-bond donors (Lipinski definition) is 2. The molecule has 36 heavy (non-hydrogen) atoms. The Balaban J connectivity index is 1.92. The molecule has 1 aliphatic rings. The van der Waals surface area contributed by atoms with E-state index in [2.05, 4.69) is 23.5 Å². The van der Waals surface area contributed by atoms with Gasteiger partial charge in [0.2, 0.25) is 0 Å². The van der Waals surface area contributed by atoms with Gasteiger partial charge in [0.25, 0.3) is 5.91 Å². The molecule has 1 aromatic heterocycles. The summed E-state index contributed by atoms with van der Waals surface area (Å²) in [7, 11) is 0. The number of anilines is 2. The molecule has 0 spiro atoms. The third-order valence-electron chi connectivity index (χ3n) is 5.67. The number of para-hydroxylation sites is 1. The highest BCUT2D eigenvalue weighted by Gasteiger charge is 2.30. The van der Waals surface area contributed by atoms with Crippen LogP contribution in [0.4, 0.5) is 15.9 Å². The molecule has 184 valence electrons. The van der Waals surface area contributed by atoms with Crippen molar-refractivity contribution < 1.29 is 9.18 Å². The Morgan fingerprint density at radius 2 is 2.03 bits per heavy atom. The summed E-state index contributed by atoms with van der Waals surface area (Å²) < 4.78 is 15.0. The second-order valence-corrected chi connectivity index (χ2v) is 9.73. The summed E-state index contributed by atoms with van der Waals surface area (Å²) in [6.45, 7) is 11.9. The summed E-state index contributed by atoms with van der Waals surface area (Å²) in [6.07, 6.45) is 1.88. The lowest BCUT2D eigenvalue weighted by atomic mass is 9.97. The molecule has 2 aromatic carbocycles. The fourth-order valence-corrected chi connectivity index (χ4v) is 4.61. The zero-order valence-electron chi connectivity index (χ0n) is 20.1. The smallest absolute Gasteiger partial charge is 0.279 e. The number of carbonyl (C=O) groups is 1. The van der Waals surface area contributed by atoms with E-state index in [4.69, 9.17) is 15.7 Å². The molecule has 1 aliphatic heterocycles. The van der Waals surface area contributed by atoms with Gasteiger partial charge in [-0.2, -0.15) is 4.99 Å². The highest BCUT2D eigenvalue weighted by molar-refractivity contribution is 8.16. The highest BCUT2D eigenvalue weighted by Crippen LogP contribution is 2.41. The molecular formula is C26H25FN6OS2. The van der Waals surface area contributed by atoms with Gasteiger partial charge in [0.1, 0.15) is 17.5 Å². The SMILES string of the molecule is C=CSC(N)=NC(=O)c1ccc(C)c(-c2nc(SC)nc3c2CNC(=C)N3c2c(C)cccc2F)c1. The van der Waals surface area contributed by atoms with E-state index in [9.17, 15) is 4.79 Å². The van der Waals surface area contributed by atoms with Gasteiger partial charge in [0.15, 0.2) is 10.3 Å². The van der Waals surface area contributed by atoms with Crippen molar-refractivity contribution in [3.8, 4) is 11.3 Å². The first kappa shape index (κ1) is 25.5. The van der Waals surface area contributed by atoms with Crippen molar-refractivity contribution in [1.82, 2.24) is 15.3 Å². The van der Waals surface area contributed by atoms with Gasteiger partial charge in [0, 0.05) is 23.2 Å². The molecule has 4 rings (SSSR count). The predicted octanol–water partition coefficient (Wildman–Crippen LogP) is 5.67. The average molecular weight is 521 g/mol. The maximum absolute atomic E-state index is 15.0. The Morgan fingerprint density at radius 1 is 1.25 bits per heavy atom. The lowest BCUT2D eigenvalue weighted by molar-refractivity contribution is 0.100. The van der Waals surface area contributed by atoms with Crippen molar-refractivity contribution >= 4 is 46.1 Å². The van der Waals surface area contributed by atoms with Gasteiger partial charge in [-0.05, 0) is 54.8 Å². The number of hydrogen-bond acceptors (Lipinski definition) is 7. The van der Waals surface area contributed by atoms with E-state index in [-0.39, 0.29) is 11.0 Å². The number of aryl methyl sites for hydroxylation is 2. The van der Waals surface area contributed by atoms with Gasteiger partial charge in [0.05, 0.1) is 11.4 Å². The van der Waals surface area contributed by atoms with E-state index in [1.54, 1.807) is 23.1 Å². The molecule has 0 aliphatic carbocycles. The number of nitrogens with one attached hydrogen (secondary N) is 1. The molecule has 3 N–H and O–H groups in total. The van der Waals surface area contributed by atoms with Crippen molar-refractivity contribution in [3.63, 3.8) is 0 Å². The first-order valence-electron chi connectivity index (χ1n) is 10.9. The highest BCUT2D eigenvalue weighted by atomic mass is 32.2. The Labute approximate surface area is 217 Å². The van der Waals surface area contributed by atoms with Gasteiger partial charge >= 0.3 is 0 Å². The number of aliphatic imine (C=N–C) groups is 1. The summed E-state index contributed by atoms with van der Waals surface area (Å²) in [5.74, 6) is 0.208. The summed E-state index contributed by atoms with van der Waals surface area (Å²) >= 11 is 2.45. The largest absolute Gasteiger partial charge is 0.378 e. The van der Waals surface area contributed by atoms with Crippen LogP contribution in [-0.2, 0) is 6.54 Å². The number of amides is 1. The van der Waals surface area contributed by atoms with Crippen LogP contribution in [0.2, 0.25) is 0 Å². The Bertz CT molecular complexity index is 1400. The van der Waals surface area contributed by atoms with E-state index in [0.29, 0.717) is 40.3 Å². The van der Waals surface area contributed by atoms with Gasteiger partial charge in [-0.25, -0.2) is 14.4 Å². The number of fused-ring (bicyclic) bond motifs is 1. The fraction of sp³-hybridized carbons (Fsp3) is 0.154. The molecule has 0 bridgehead atoms. The van der Waals surface area contributed by atoms with Crippen LogP contribution in [0.3, 0.4) is 0 Å². The summed E-state index contributed by atoms with van der Waals surface area (Å²) in [6, 6.07) is 10.2. The minimum absolute atomic E-state index is 0.111. The van der Waals surface area contributed by atoms with Crippen molar-refractivity contribution in [1.29, 1.82) is 0 Å². The average Bonchev–Trinajstić information content (AvgIpc) is 2.84. The Hall–Kier alpha value is -3.63. The Morgan fingerprint density at radius 3 is 2.72 bits per heavy atom. The fourth-order valence-electron chi connectivity index (χ4n) is 3.94. The number of halogens is 1. The van der Waals surface area contributed by atoms with Gasteiger partial charge in [-0.3, -0.25) is 9.69 Å². The Kier molecular flexibility index (Phi) is 7.46. The normalized spacial score (nSPS) is 13.3. The lowest BCUT2D eigenvalue weighted by Gasteiger charge is -2.35. The molecular weight excluding hydrogens is 495 g/mol. The van der Waals surface area contributed by atoms with E-state index < -0.39 is 5.91 Å². The molecule has 3 aromatic rings. The number of rotatable bonds is 5. The molecule has 10 heteroatoms. The van der Waals surface area contributed by atoms with Crippen LogP contribution in [0.1, 0.15) is 27.0 Å². The van der Waals surface area contributed by atoms with Crippen LogP contribution in [-0.4, -0.2) is 27.3 Å². The zero-order valence-corrected chi connectivity index (χ0v) is 21.8. The molecule has 0 radical (unpaired) electrons. The maximum Gasteiger partial charge on any atom is 0.279 e. The standard InChI is InChI=1S/C26H25FN6OS2/c1-6-36-25(28)32-24(34)17-11-10-14(2)18(12-17)21-19-13-29-16(4)33(23(19)31-26(30-21)35-5)22-15(3)8-7-9-20(22)27/h6-12,29H,1,4,13H2,2-3,5H3,(H2,28,32,34). The third-order valence-corrected chi connectivity index (χ3v) is 6.71. The van der Waals surface area contributed by atoms with Crippen LogP contribution in [0.5, 0.6) is 0 Å². The number of benzene rings is 2. The van der Waals surface area contributed by atoms with Crippen molar-refractivity contribution in [2.75, 3.05) is 11.2 Å². The number of thioether (sulfide) groups is 2. The van der Waals surface area contributed by atoms with Crippen LogP contribution < -0.4 is 16.0 Å². The third kappa shape index (κ3) is 4.87. The first-order valence-corrected chi connectivity index (χ1v) is 13.1. The quantitative estimate of drug-likeness (QED) is 0.192. The zero-order chi connectivity index (χ0) is 26.0. The van der Waals surface area contributed by atoms with Crippen molar-refractivity contribution in [2.45, 2.75) is 25.5 Å². The molecule has 0 saturated heterocycles. The molecule has 7 nitrogen and oxygen atoms in total. The summed E-state index contributed by atoms with van der Waals surface area (Å²) in [4.78, 5) is 27.9. The maximum atomic E-state index is 15.0. The second-order valence-electron chi connectivity index (χ2n) is 7.97. The number of nitrogens with two attached hydrogens (primary N) is 1. The van der Waals surface area contributed by atoms with Crippen LogP contribution >= 0.6 is 23.5 Å². The topological polar surface area (TPSA) is 96.5 Å². The first-order chi connectivity index (χ1) is 17.2. The number of aromatic nitrogens is 2. The number of nitrogens with zero attached hydrogens (tertiary/aromatic N) is 4. The van der Waals surface area contributed by atoms with Crippen LogP contribution in [0.15, 0.2) is 70.9 Å². The van der Waals surface area contributed by atoms with E-state index >= 15 is 4.39 Å². The van der Waals surface area contributed by atoms with Gasteiger partial charge < -0.3 is 11.1 Å². The van der Waals surface area contributed by atoms with E-state index in [1.165, 1.54) is 23.2 Å². The molecule has 0 atom stereocenters. The molecule has 0 unspecified atom stereocenters. The van der Waals surface area contributed by atoms with E-state index in [1.807, 2.05) is 32.2 Å². The minimum Gasteiger partial charge on any atom is -0.378 e. The number of amidine groups is 1. The van der Waals surface area contributed by atoms with Gasteiger partial charge in [-0.1, -0.05) is 54.9 Å². The lowest BCUT2D eigenvalue weighted by Crippen LogP contribution is -2.35. The summed E-state index contributed by atoms with van der Waals surface area (Å²) in [5, 5.41) is 5.38.